The van der Waals surface area contributed by atoms with E-state index < -0.39 is 11.5 Å². The monoisotopic (exact) mass is 408 g/mol. The van der Waals surface area contributed by atoms with Gasteiger partial charge in [-0.3, -0.25) is 14.6 Å². The zero-order valence-corrected chi connectivity index (χ0v) is 18.0. The first-order valence-electron chi connectivity index (χ1n) is 10.4. The summed E-state index contributed by atoms with van der Waals surface area (Å²) in [4.78, 5) is 31.8. The lowest BCUT2D eigenvalue weighted by atomic mass is 9.89. The van der Waals surface area contributed by atoms with Crippen molar-refractivity contribution in [2.24, 2.45) is 5.92 Å². The van der Waals surface area contributed by atoms with E-state index in [0.29, 0.717) is 6.54 Å². The van der Waals surface area contributed by atoms with Gasteiger partial charge in [0.2, 0.25) is 5.91 Å². The maximum Gasteiger partial charge on any atom is 0.307 e. The first-order chi connectivity index (χ1) is 14.3. The molecule has 2 saturated heterocycles. The summed E-state index contributed by atoms with van der Waals surface area (Å²) >= 11 is 0. The molecular weight excluding hydrogens is 380 g/mol. The first kappa shape index (κ1) is 20.4. The number of pyridine rings is 1. The summed E-state index contributed by atoms with van der Waals surface area (Å²) in [5.41, 5.74) is 3.19. The molecule has 2 aliphatic heterocycles. The van der Waals surface area contributed by atoms with Crippen LogP contribution >= 0.6 is 0 Å². The zero-order chi connectivity index (χ0) is 21.5. The third-order valence-electron chi connectivity index (χ3n) is 6.16. The van der Waals surface area contributed by atoms with Crippen molar-refractivity contribution in [2.45, 2.75) is 51.7 Å². The van der Waals surface area contributed by atoms with Crippen molar-refractivity contribution < 1.29 is 19.1 Å². The number of methoxy groups -OCH3 is 1. The number of aryl methyl sites for hydroxylation is 1. The van der Waals surface area contributed by atoms with Gasteiger partial charge in [-0.15, -0.1) is 0 Å². The van der Waals surface area contributed by atoms with E-state index in [1.54, 1.807) is 7.11 Å². The molecule has 2 atom stereocenters. The lowest BCUT2D eigenvalue weighted by Crippen LogP contribution is -2.43. The fraction of sp³-hybridized carbons (Fsp3) is 0.458. The van der Waals surface area contributed by atoms with Crippen molar-refractivity contribution in [3.63, 3.8) is 0 Å². The van der Waals surface area contributed by atoms with Gasteiger partial charge in [-0.2, -0.15) is 0 Å². The standard InChI is InChI=1S/C24H28N2O4/c1-15-12-17(16-7-9-18(29-4)10-8-16)13-20(25-15)21-6-5-11-26(21)23(28)19-14-22(27)30-24(19,2)3/h7-10,12-13,19,21H,5-6,11,14H2,1-4H3/t19-,21+/m0/s1. The van der Waals surface area contributed by atoms with Crippen LogP contribution in [0.2, 0.25) is 0 Å². The Labute approximate surface area is 177 Å². The third kappa shape index (κ3) is 3.78. The Kier molecular flexibility index (Phi) is 5.26. The summed E-state index contributed by atoms with van der Waals surface area (Å²) in [6, 6.07) is 12.0. The lowest BCUT2D eigenvalue weighted by Gasteiger charge is -2.31. The molecule has 2 aromatic rings. The van der Waals surface area contributed by atoms with Gasteiger partial charge in [0.15, 0.2) is 0 Å². The van der Waals surface area contributed by atoms with Crippen LogP contribution in [0.4, 0.5) is 0 Å². The van der Waals surface area contributed by atoms with Crippen molar-refractivity contribution in [1.82, 2.24) is 9.88 Å². The van der Waals surface area contributed by atoms with Gasteiger partial charge in [-0.25, -0.2) is 0 Å². The molecule has 6 nitrogen and oxygen atoms in total. The summed E-state index contributed by atoms with van der Waals surface area (Å²) in [5.74, 6) is 0.0527. The highest BCUT2D eigenvalue weighted by atomic mass is 16.6. The number of nitrogens with zero attached hydrogens (tertiary/aromatic N) is 2. The van der Waals surface area contributed by atoms with Gasteiger partial charge in [0.1, 0.15) is 11.4 Å². The summed E-state index contributed by atoms with van der Waals surface area (Å²) < 4.78 is 10.6. The highest BCUT2D eigenvalue weighted by Gasteiger charge is 2.49. The van der Waals surface area contributed by atoms with Crippen LogP contribution in [0.25, 0.3) is 11.1 Å². The number of esters is 1. The molecule has 3 heterocycles. The molecule has 6 heteroatoms. The minimum atomic E-state index is -0.768. The van der Waals surface area contributed by atoms with Crippen LogP contribution in [0.5, 0.6) is 5.75 Å². The molecule has 0 bridgehead atoms. The van der Waals surface area contributed by atoms with Gasteiger partial charge in [0.05, 0.1) is 31.2 Å². The minimum Gasteiger partial charge on any atom is -0.497 e. The fourth-order valence-electron chi connectivity index (χ4n) is 4.56. The Morgan fingerprint density at radius 1 is 1.20 bits per heavy atom. The molecule has 0 radical (unpaired) electrons. The highest BCUT2D eigenvalue weighted by molar-refractivity contribution is 5.88. The smallest absolute Gasteiger partial charge is 0.307 e. The average molecular weight is 408 g/mol. The van der Waals surface area contributed by atoms with Crippen LogP contribution in [-0.4, -0.2) is 41.0 Å². The van der Waals surface area contributed by atoms with Crippen LogP contribution < -0.4 is 4.74 Å². The Bertz CT molecular complexity index is 968. The van der Waals surface area contributed by atoms with E-state index in [4.69, 9.17) is 14.5 Å². The summed E-state index contributed by atoms with van der Waals surface area (Å²) in [5, 5.41) is 0. The molecule has 0 N–H and O–H groups in total. The maximum atomic E-state index is 13.4. The molecule has 0 spiro atoms. The lowest BCUT2D eigenvalue weighted by molar-refractivity contribution is -0.149. The van der Waals surface area contributed by atoms with Crippen LogP contribution in [0, 0.1) is 12.8 Å². The minimum absolute atomic E-state index is 0.0114. The molecule has 1 aromatic heterocycles. The third-order valence-corrected chi connectivity index (χ3v) is 6.16. The Morgan fingerprint density at radius 2 is 1.93 bits per heavy atom. The molecule has 4 rings (SSSR count). The number of cyclic esters (lactones) is 1. The van der Waals surface area contributed by atoms with E-state index in [1.165, 1.54) is 0 Å². The van der Waals surface area contributed by atoms with E-state index in [0.717, 1.165) is 41.1 Å². The number of hydrogen-bond donors (Lipinski definition) is 0. The van der Waals surface area contributed by atoms with E-state index in [1.807, 2.05) is 49.9 Å². The van der Waals surface area contributed by atoms with Crippen LogP contribution in [0.3, 0.4) is 0 Å². The Hall–Kier alpha value is -2.89. The number of benzene rings is 1. The molecule has 158 valence electrons. The van der Waals surface area contributed by atoms with E-state index in [-0.39, 0.29) is 24.3 Å². The van der Waals surface area contributed by atoms with Crippen LogP contribution in [0.1, 0.15) is 50.5 Å². The molecule has 1 amide bonds. The highest BCUT2D eigenvalue weighted by Crippen LogP contribution is 2.39. The molecule has 0 unspecified atom stereocenters. The second-order valence-corrected chi connectivity index (χ2v) is 8.67. The quantitative estimate of drug-likeness (QED) is 0.714. The largest absolute Gasteiger partial charge is 0.497 e. The number of hydrogen-bond acceptors (Lipinski definition) is 5. The molecule has 0 aliphatic carbocycles. The Balaban J connectivity index is 1.63. The predicted octanol–water partition coefficient (Wildman–Crippen LogP) is 4.07. The van der Waals surface area contributed by atoms with Gasteiger partial charge >= 0.3 is 5.97 Å². The van der Waals surface area contributed by atoms with Gasteiger partial charge < -0.3 is 14.4 Å². The molecule has 1 aromatic carbocycles. The molecule has 2 aliphatic rings. The van der Waals surface area contributed by atoms with E-state index in [9.17, 15) is 9.59 Å². The number of rotatable bonds is 4. The average Bonchev–Trinajstić information content (AvgIpc) is 3.30. The van der Waals surface area contributed by atoms with Gasteiger partial charge in [-0.1, -0.05) is 12.1 Å². The number of aromatic nitrogens is 1. The number of amides is 1. The van der Waals surface area contributed by atoms with E-state index in [2.05, 4.69) is 12.1 Å². The number of carbonyl (C=O) groups is 2. The van der Waals surface area contributed by atoms with Crippen LogP contribution in [-0.2, 0) is 14.3 Å². The summed E-state index contributed by atoms with van der Waals surface area (Å²) in [7, 11) is 1.65. The Morgan fingerprint density at radius 3 is 2.57 bits per heavy atom. The number of carbonyl (C=O) groups excluding carboxylic acids is 2. The SMILES string of the molecule is COc1ccc(-c2cc(C)nc([C@H]3CCCN3C(=O)[C@@H]3CC(=O)OC3(C)C)c2)cc1. The van der Waals surface area contributed by atoms with Gasteiger partial charge in [0.25, 0.3) is 0 Å². The molecule has 30 heavy (non-hydrogen) atoms. The van der Waals surface area contributed by atoms with E-state index >= 15 is 0 Å². The van der Waals surface area contributed by atoms with Crippen molar-refractivity contribution >= 4 is 11.9 Å². The van der Waals surface area contributed by atoms with Gasteiger partial charge in [-0.05, 0) is 69.0 Å². The van der Waals surface area contributed by atoms with Gasteiger partial charge in [0, 0.05) is 12.2 Å². The van der Waals surface area contributed by atoms with Crippen molar-refractivity contribution in [2.75, 3.05) is 13.7 Å². The molecule has 2 fully saturated rings. The molecule has 0 saturated carbocycles. The summed E-state index contributed by atoms with van der Waals surface area (Å²) in [6.07, 6.45) is 1.94. The normalized spacial score (nSPS) is 22.8. The molecular formula is C24H28N2O4. The fourth-order valence-corrected chi connectivity index (χ4v) is 4.56. The topological polar surface area (TPSA) is 68.7 Å². The zero-order valence-electron chi connectivity index (χ0n) is 18.0. The summed E-state index contributed by atoms with van der Waals surface area (Å²) in [6.45, 7) is 6.29. The van der Waals surface area contributed by atoms with Crippen molar-refractivity contribution in [3.8, 4) is 16.9 Å². The second-order valence-electron chi connectivity index (χ2n) is 8.67. The van der Waals surface area contributed by atoms with Crippen molar-refractivity contribution in [3.05, 3.63) is 47.8 Å². The number of ether oxygens (including phenoxy) is 2. The van der Waals surface area contributed by atoms with Crippen molar-refractivity contribution in [1.29, 1.82) is 0 Å². The second kappa shape index (κ2) is 7.74. The van der Waals surface area contributed by atoms with Crippen LogP contribution in [0.15, 0.2) is 36.4 Å². The first-order valence-corrected chi connectivity index (χ1v) is 10.4. The maximum absolute atomic E-state index is 13.4. The number of likely N-dealkylation sites (tertiary alicyclic amines) is 1. The predicted molar refractivity (Wildman–Crippen MR) is 113 cm³/mol.